The number of hydrogen-bond acceptors (Lipinski definition) is 3. The van der Waals surface area contributed by atoms with E-state index in [-0.39, 0.29) is 11.9 Å². The van der Waals surface area contributed by atoms with Gasteiger partial charge in [0.15, 0.2) is 0 Å². The lowest BCUT2D eigenvalue weighted by molar-refractivity contribution is -0.117. The van der Waals surface area contributed by atoms with Gasteiger partial charge in [0.05, 0.1) is 17.3 Å². The average Bonchev–Trinajstić information content (AvgIpc) is 2.94. The first-order valence-electron chi connectivity index (χ1n) is 7.00. The maximum Gasteiger partial charge on any atom is 0.238 e. The summed E-state index contributed by atoms with van der Waals surface area (Å²) in [5.74, 6) is -0.0198. The number of hydrogen-bond donors (Lipinski definition) is 1. The predicted octanol–water partition coefficient (Wildman–Crippen LogP) is 3.96. The third kappa shape index (κ3) is 3.12. The molecule has 0 bridgehead atoms. The highest BCUT2D eigenvalue weighted by Crippen LogP contribution is 2.32. The summed E-state index contributed by atoms with van der Waals surface area (Å²) in [7, 11) is 0. The van der Waals surface area contributed by atoms with Crippen LogP contribution in [-0.2, 0) is 11.2 Å². The lowest BCUT2D eigenvalue weighted by Crippen LogP contribution is -2.39. The van der Waals surface area contributed by atoms with Gasteiger partial charge in [0.25, 0.3) is 0 Å². The Hall–Kier alpha value is -1.36. The lowest BCUT2D eigenvalue weighted by Gasteiger charge is -2.32. The van der Waals surface area contributed by atoms with E-state index in [9.17, 15) is 4.79 Å². The molecule has 1 unspecified atom stereocenters. The molecule has 1 aliphatic rings. The molecule has 2 heterocycles. The van der Waals surface area contributed by atoms with Crippen molar-refractivity contribution in [2.75, 3.05) is 18.4 Å². The van der Waals surface area contributed by atoms with Crippen LogP contribution in [-0.4, -0.2) is 23.9 Å². The van der Waals surface area contributed by atoms with E-state index in [0.29, 0.717) is 17.3 Å². The van der Waals surface area contributed by atoms with Gasteiger partial charge in [0.1, 0.15) is 0 Å². The van der Waals surface area contributed by atoms with Crippen LogP contribution in [0.3, 0.4) is 0 Å². The number of thiophene rings is 1. The van der Waals surface area contributed by atoms with Crippen molar-refractivity contribution in [3.8, 4) is 0 Å². The number of amides is 1. The maximum absolute atomic E-state index is 12.2. The van der Waals surface area contributed by atoms with Crippen LogP contribution in [0.5, 0.6) is 0 Å². The number of rotatable bonds is 3. The van der Waals surface area contributed by atoms with Gasteiger partial charge in [0.2, 0.25) is 5.91 Å². The molecule has 0 saturated carbocycles. The third-order valence-corrected chi connectivity index (χ3v) is 5.22. The summed E-state index contributed by atoms with van der Waals surface area (Å²) in [5, 5.41) is 5.59. The number of nitrogens with zero attached hydrogens (tertiary/aromatic N) is 1. The van der Waals surface area contributed by atoms with Crippen molar-refractivity contribution in [2.45, 2.75) is 19.4 Å². The average molecular weight is 321 g/mol. The van der Waals surface area contributed by atoms with Crippen molar-refractivity contribution < 1.29 is 4.79 Å². The molecular formula is C16H17ClN2OS. The highest BCUT2D eigenvalue weighted by atomic mass is 35.5. The molecule has 1 aromatic heterocycles. The number of nitrogens with one attached hydrogen (secondary N) is 1. The van der Waals surface area contributed by atoms with Crippen molar-refractivity contribution in [3.63, 3.8) is 0 Å². The molecule has 3 rings (SSSR count). The minimum atomic E-state index is -0.0198. The van der Waals surface area contributed by atoms with Crippen LogP contribution >= 0.6 is 22.9 Å². The molecule has 1 aromatic carbocycles. The molecule has 21 heavy (non-hydrogen) atoms. The standard InChI is InChI=1S/C16H17ClN2OS/c1-11-12-7-9-21-15(12)6-8-19(11)10-16(20)18-14-5-3-2-4-13(14)17/h2-5,7,9,11H,6,8,10H2,1H3,(H,18,20). The zero-order valence-electron chi connectivity index (χ0n) is 11.8. The number of anilines is 1. The Morgan fingerprint density at radius 1 is 1.43 bits per heavy atom. The molecule has 1 amide bonds. The zero-order valence-corrected chi connectivity index (χ0v) is 13.4. The lowest BCUT2D eigenvalue weighted by atomic mass is 10.0. The smallest absolute Gasteiger partial charge is 0.238 e. The second-order valence-corrected chi connectivity index (χ2v) is 6.63. The normalized spacial score (nSPS) is 18.3. The van der Waals surface area contributed by atoms with E-state index < -0.39 is 0 Å². The number of benzene rings is 1. The van der Waals surface area contributed by atoms with Crippen molar-refractivity contribution >= 4 is 34.5 Å². The predicted molar refractivity (Wildman–Crippen MR) is 88.1 cm³/mol. The molecular weight excluding hydrogens is 304 g/mol. The van der Waals surface area contributed by atoms with E-state index in [4.69, 9.17) is 11.6 Å². The minimum absolute atomic E-state index is 0.0198. The molecule has 2 aromatic rings. The highest BCUT2D eigenvalue weighted by molar-refractivity contribution is 7.10. The molecule has 1 N–H and O–H groups in total. The third-order valence-electron chi connectivity index (χ3n) is 3.90. The van der Waals surface area contributed by atoms with Crippen LogP contribution in [0.15, 0.2) is 35.7 Å². The topological polar surface area (TPSA) is 32.3 Å². The van der Waals surface area contributed by atoms with Crippen LogP contribution in [0.1, 0.15) is 23.4 Å². The number of halogens is 1. The number of para-hydroxylation sites is 1. The van der Waals surface area contributed by atoms with Crippen molar-refractivity contribution in [2.24, 2.45) is 0 Å². The van der Waals surface area contributed by atoms with Crippen LogP contribution in [0, 0.1) is 0 Å². The van der Waals surface area contributed by atoms with Crippen LogP contribution in [0.2, 0.25) is 5.02 Å². The monoisotopic (exact) mass is 320 g/mol. The van der Waals surface area contributed by atoms with Crippen LogP contribution in [0.4, 0.5) is 5.69 Å². The fourth-order valence-electron chi connectivity index (χ4n) is 2.71. The van der Waals surface area contributed by atoms with Crippen LogP contribution < -0.4 is 5.32 Å². The number of carbonyl (C=O) groups excluding carboxylic acids is 1. The largest absolute Gasteiger partial charge is 0.324 e. The molecule has 0 aliphatic carbocycles. The molecule has 0 spiro atoms. The van der Waals surface area contributed by atoms with Gasteiger partial charge in [-0.2, -0.15) is 0 Å². The molecule has 0 saturated heterocycles. The Morgan fingerprint density at radius 2 is 2.24 bits per heavy atom. The van der Waals surface area contributed by atoms with Crippen molar-refractivity contribution in [1.29, 1.82) is 0 Å². The van der Waals surface area contributed by atoms with Gasteiger partial charge in [-0.25, -0.2) is 0 Å². The molecule has 0 fully saturated rings. The van der Waals surface area contributed by atoms with Gasteiger partial charge < -0.3 is 5.32 Å². The summed E-state index contributed by atoms with van der Waals surface area (Å²) in [6.07, 6.45) is 1.02. The fraction of sp³-hybridized carbons (Fsp3) is 0.312. The summed E-state index contributed by atoms with van der Waals surface area (Å²) >= 11 is 7.88. The summed E-state index contributed by atoms with van der Waals surface area (Å²) in [5.41, 5.74) is 2.03. The van der Waals surface area contributed by atoms with Crippen molar-refractivity contribution in [3.05, 3.63) is 51.2 Å². The van der Waals surface area contributed by atoms with E-state index in [1.165, 1.54) is 10.4 Å². The molecule has 0 radical (unpaired) electrons. The first kappa shape index (κ1) is 14.6. The van der Waals surface area contributed by atoms with E-state index in [2.05, 4.69) is 28.6 Å². The zero-order chi connectivity index (χ0) is 14.8. The summed E-state index contributed by atoms with van der Waals surface area (Å²) in [4.78, 5) is 15.9. The molecule has 1 atom stereocenters. The van der Waals surface area contributed by atoms with Gasteiger partial charge in [-0.3, -0.25) is 9.69 Å². The van der Waals surface area contributed by atoms with Gasteiger partial charge in [-0.05, 0) is 42.5 Å². The number of fused-ring (bicyclic) bond motifs is 1. The van der Waals surface area contributed by atoms with Gasteiger partial charge in [-0.1, -0.05) is 23.7 Å². The van der Waals surface area contributed by atoms with E-state index in [1.807, 2.05) is 29.5 Å². The van der Waals surface area contributed by atoms with E-state index in [1.54, 1.807) is 6.07 Å². The second kappa shape index (κ2) is 6.18. The molecule has 5 heteroatoms. The van der Waals surface area contributed by atoms with Gasteiger partial charge in [-0.15, -0.1) is 11.3 Å². The minimum Gasteiger partial charge on any atom is -0.324 e. The van der Waals surface area contributed by atoms with Gasteiger partial charge in [0, 0.05) is 17.5 Å². The van der Waals surface area contributed by atoms with Gasteiger partial charge >= 0.3 is 0 Å². The Bertz CT molecular complexity index is 655. The quantitative estimate of drug-likeness (QED) is 0.928. The Balaban J connectivity index is 1.65. The molecule has 110 valence electrons. The Labute approximate surface area is 133 Å². The van der Waals surface area contributed by atoms with Crippen LogP contribution in [0.25, 0.3) is 0 Å². The highest BCUT2D eigenvalue weighted by Gasteiger charge is 2.26. The second-order valence-electron chi connectivity index (χ2n) is 5.22. The SMILES string of the molecule is CC1c2ccsc2CCN1CC(=O)Nc1ccccc1Cl. The first-order chi connectivity index (χ1) is 10.1. The first-order valence-corrected chi connectivity index (χ1v) is 8.25. The van der Waals surface area contributed by atoms with E-state index in [0.717, 1.165) is 13.0 Å². The summed E-state index contributed by atoms with van der Waals surface area (Å²) < 4.78 is 0. The Kier molecular flexibility index (Phi) is 4.29. The summed E-state index contributed by atoms with van der Waals surface area (Å²) in [6, 6.07) is 9.76. The summed E-state index contributed by atoms with van der Waals surface area (Å²) in [6.45, 7) is 3.47. The van der Waals surface area contributed by atoms with E-state index >= 15 is 0 Å². The fourth-order valence-corrected chi connectivity index (χ4v) is 3.86. The maximum atomic E-state index is 12.2. The molecule has 1 aliphatic heterocycles. The number of carbonyl (C=O) groups is 1. The Morgan fingerprint density at radius 3 is 3.05 bits per heavy atom. The molecule has 3 nitrogen and oxygen atoms in total. The van der Waals surface area contributed by atoms with Crippen molar-refractivity contribution in [1.82, 2.24) is 4.90 Å².